The zero-order chi connectivity index (χ0) is 16.8. The monoisotopic (exact) mass is 331 g/mol. The molecule has 0 amide bonds. The molecule has 2 rings (SSSR count). The zero-order valence-corrected chi connectivity index (χ0v) is 13.7. The first kappa shape index (κ1) is 20.6. The maximum absolute atomic E-state index is 10.4. The number of carboxylic acids is 1. The number of hydrogen-bond donors (Lipinski definition) is 3. The lowest BCUT2D eigenvalue weighted by atomic mass is 10.2. The first-order chi connectivity index (χ1) is 10.4. The minimum atomic E-state index is -4.00. The lowest BCUT2D eigenvalue weighted by molar-refractivity contribution is -0.137. The van der Waals surface area contributed by atoms with Crippen molar-refractivity contribution in [2.45, 2.75) is 43.9 Å². The molecule has 1 aromatic carbocycles. The highest BCUT2D eigenvalue weighted by molar-refractivity contribution is 7.85. The molecule has 1 fully saturated rings. The molecular formula is C15H25NO5S. The highest BCUT2D eigenvalue weighted by atomic mass is 32.2. The minimum absolute atomic E-state index is 0.0741. The van der Waals surface area contributed by atoms with Crippen LogP contribution in [0.1, 0.15) is 39.0 Å². The van der Waals surface area contributed by atoms with Gasteiger partial charge in [0.1, 0.15) is 0 Å². The molecule has 0 atom stereocenters. The second-order valence-electron chi connectivity index (χ2n) is 4.74. The molecule has 0 unspecified atom stereocenters. The fourth-order valence-electron chi connectivity index (χ4n) is 1.61. The van der Waals surface area contributed by atoms with Crippen molar-refractivity contribution >= 4 is 16.1 Å². The number of nitrogens with one attached hydrogen (secondary N) is 1. The van der Waals surface area contributed by atoms with Gasteiger partial charge in [0.05, 0.1) is 4.90 Å². The van der Waals surface area contributed by atoms with Gasteiger partial charge in [-0.15, -0.1) is 0 Å². The molecule has 3 N–H and O–H groups in total. The van der Waals surface area contributed by atoms with Crippen LogP contribution >= 0.6 is 0 Å². The third kappa shape index (κ3) is 12.3. The highest BCUT2D eigenvalue weighted by Crippen LogP contribution is 2.05. The quantitative estimate of drug-likeness (QED) is 0.735. The Labute approximate surface area is 132 Å². The lowest BCUT2D eigenvalue weighted by Gasteiger charge is -2.08. The van der Waals surface area contributed by atoms with Crippen LogP contribution in [0.15, 0.2) is 35.2 Å². The Hall–Kier alpha value is -1.44. The van der Waals surface area contributed by atoms with E-state index in [1.807, 2.05) is 6.92 Å². The second kappa shape index (κ2) is 12.1. The summed E-state index contributed by atoms with van der Waals surface area (Å²) in [4.78, 5) is 9.53. The van der Waals surface area contributed by atoms with Crippen molar-refractivity contribution in [1.29, 1.82) is 0 Å². The van der Waals surface area contributed by atoms with E-state index in [1.54, 1.807) is 18.2 Å². The maximum atomic E-state index is 10.4. The number of benzene rings is 1. The molecule has 0 bridgehead atoms. The molecule has 1 aliphatic heterocycles. The topological polar surface area (TPSA) is 104 Å². The third-order valence-corrected chi connectivity index (χ3v) is 3.58. The predicted octanol–water partition coefficient (Wildman–Crippen LogP) is 2.56. The van der Waals surface area contributed by atoms with Gasteiger partial charge < -0.3 is 10.4 Å². The first-order valence-corrected chi connectivity index (χ1v) is 8.77. The minimum Gasteiger partial charge on any atom is -0.481 e. The second-order valence-corrected chi connectivity index (χ2v) is 6.16. The molecule has 0 aliphatic carbocycles. The van der Waals surface area contributed by atoms with Gasteiger partial charge in [0.25, 0.3) is 10.1 Å². The summed E-state index contributed by atoms with van der Waals surface area (Å²) in [5.74, 6) is -0.711. The average Bonchev–Trinajstić information content (AvgIpc) is 2.50. The van der Waals surface area contributed by atoms with Crippen LogP contribution in [0.5, 0.6) is 0 Å². The van der Waals surface area contributed by atoms with Gasteiger partial charge in [-0.05, 0) is 44.5 Å². The van der Waals surface area contributed by atoms with Crippen LogP contribution < -0.4 is 5.32 Å². The summed E-state index contributed by atoms with van der Waals surface area (Å²) in [6.45, 7) is 4.34. The molecule has 22 heavy (non-hydrogen) atoms. The van der Waals surface area contributed by atoms with Crippen molar-refractivity contribution in [1.82, 2.24) is 5.32 Å². The Bertz CT molecular complexity index is 486. The van der Waals surface area contributed by atoms with Gasteiger partial charge in [-0.25, -0.2) is 0 Å². The number of hydrogen-bond acceptors (Lipinski definition) is 4. The van der Waals surface area contributed by atoms with Crippen LogP contribution in [0.25, 0.3) is 0 Å². The Balaban J connectivity index is 0.000000319. The Morgan fingerprint density at radius 2 is 1.68 bits per heavy atom. The first-order valence-electron chi connectivity index (χ1n) is 7.33. The van der Waals surface area contributed by atoms with E-state index in [1.165, 1.54) is 44.5 Å². The average molecular weight is 331 g/mol. The summed E-state index contributed by atoms with van der Waals surface area (Å²) in [5.41, 5.74) is 0. The molecule has 7 heteroatoms. The normalized spacial score (nSPS) is 13.9. The SMILES string of the molecule is C1CCNCC1.CCCC(=O)O.O=S(=O)(O)c1ccccc1. The van der Waals surface area contributed by atoms with Crippen molar-refractivity contribution in [2.75, 3.05) is 13.1 Å². The van der Waals surface area contributed by atoms with Gasteiger partial charge in [-0.1, -0.05) is 31.5 Å². The van der Waals surface area contributed by atoms with E-state index in [2.05, 4.69) is 5.32 Å². The Morgan fingerprint density at radius 3 is 1.86 bits per heavy atom. The zero-order valence-electron chi connectivity index (χ0n) is 12.9. The Morgan fingerprint density at radius 1 is 1.14 bits per heavy atom. The van der Waals surface area contributed by atoms with Gasteiger partial charge in [-0.3, -0.25) is 9.35 Å². The standard InChI is InChI=1S/C6H6O3S.C5H11N.C4H8O2/c7-10(8,9)6-4-2-1-3-5-6;1-2-4-6-5-3-1;1-2-3-4(5)6/h1-5H,(H,7,8,9);6H,1-5H2;2-3H2,1H3,(H,5,6). The molecule has 1 aromatic rings. The highest BCUT2D eigenvalue weighted by Gasteiger charge is 2.05. The predicted molar refractivity (Wildman–Crippen MR) is 85.5 cm³/mol. The van der Waals surface area contributed by atoms with Gasteiger partial charge in [0.2, 0.25) is 0 Å². The van der Waals surface area contributed by atoms with Crippen molar-refractivity contribution in [3.8, 4) is 0 Å². The summed E-state index contributed by atoms with van der Waals surface area (Å²) < 4.78 is 29.2. The summed E-state index contributed by atoms with van der Waals surface area (Å²) >= 11 is 0. The summed E-state index contributed by atoms with van der Waals surface area (Å²) in [6, 6.07) is 7.42. The van der Waals surface area contributed by atoms with Crippen LogP contribution in [0.3, 0.4) is 0 Å². The van der Waals surface area contributed by atoms with E-state index in [9.17, 15) is 13.2 Å². The lowest BCUT2D eigenvalue weighted by Crippen LogP contribution is -2.21. The fraction of sp³-hybridized carbons (Fsp3) is 0.533. The van der Waals surface area contributed by atoms with Gasteiger partial charge in [0.15, 0.2) is 0 Å². The molecule has 1 aliphatic rings. The fourth-order valence-corrected chi connectivity index (χ4v) is 2.11. The van der Waals surface area contributed by atoms with E-state index in [0.717, 1.165) is 6.42 Å². The van der Waals surface area contributed by atoms with Crippen LogP contribution in [0.2, 0.25) is 0 Å². The number of carbonyl (C=O) groups is 1. The molecule has 1 heterocycles. The van der Waals surface area contributed by atoms with Gasteiger partial charge in [-0.2, -0.15) is 8.42 Å². The Kier molecular flexibility index (Phi) is 11.3. The molecule has 6 nitrogen and oxygen atoms in total. The van der Waals surface area contributed by atoms with Crippen LogP contribution in [-0.2, 0) is 14.9 Å². The molecule has 126 valence electrons. The van der Waals surface area contributed by atoms with Crippen molar-refractivity contribution in [3.05, 3.63) is 30.3 Å². The maximum Gasteiger partial charge on any atom is 0.303 e. The molecule has 1 saturated heterocycles. The molecule has 0 saturated carbocycles. The van der Waals surface area contributed by atoms with E-state index in [4.69, 9.17) is 9.66 Å². The number of piperidine rings is 1. The summed E-state index contributed by atoms with van der Waals surface area (Å²) in [5, 5.41) is 11.2. The van der Waals surface area contributed by atoms with E-state index >= 15 is 0 Å². The van der Waals surface area contributed by atoms with Crippen molar-refractivity contribution in [3.63, 3.8) is 0 Å². The van der Waals surface area contributed by atoms with E-state index in [0.29, 0.717) is 6.42 Å². The van der Waals surface area contributed by atoms with Crippen molar-refractivity contribution in [2.24, 2.45) is 0 Å². The molecule has 0 radical (unpaired) electrons. The number of aliphatic carboxylic acids is 1. The molecule has 0 aromatic heterocycles. The van der Waals surface area contributed by atoms with E-state index < -0.39 is 16.1 Å². The largest absolute Gasteiger partial charge is 0.481 e. The summed E-state index contributed by atoms with van der Waals surface area (Å²) in [6.07, 6.45) is 5.24. The van der Waals surface area contributed by atoms with E-state index in [-0.39, 0.29) is 4.90 Å². The number of rotatable bonds is 3. The van der Waals surface area contributed by atoms with Crippen LogP contribution in [-0.4, -0.2) is 37.1 Å². The molecular weight excluding hydrogens is 306 g/mol. The number of carboxylic acid groups (broad SMARTS) is 1. The van der Waals surface area contributed by atoms with Crippen LogP contribution in [0.4, 0.5) is 0 Å². The van der Waals surface area contributed by atoms with Crippen molar-refractivity contribution < 1.29 is 22.9 Å². The molecule has 0 spiro atoms. The van der Waals surface area contributed by atoms with Gasteiger partial charge in [0, 0.05) is 6.42 Å². The third-order valence-electron chi connectivity index (χ3n) is 2.71. The van der Waals surface area contributed by atoms with Crippen LogP contribution in [0, 0.1) is 0 Å². The summed E-state index contributed by atoms with van der Waals surface area (Å²) in [7, 11) is -4.00. The van der Waals surface area contributed by atoms with Gasteiger partial charge >= 0.3 is 5.97 Å². The smallest absolute Gasteiger partial charge is 0.303 e.